The van der Waals surface area contributed by atoms with E-state index >= 15 is 0 Å². The Morgan fingerprint density at radius 3 is 2.74 bits per heavy atom. The Morgan fingerprint density at radius 2 is 1.96 bits per heavy atom. The second-order valence-electron chi connectivity index (χ2n) is 7.42. The molecular weight excluding hydrogens is 338 g/mol. The maximum atomic E-state index is 12.8. The summed E-state index contributed by atoms with van der Waals surface area (Å²) in [7, 11) is 0. The standard InChI is InChI=1S/C23H25NO3/c1-16-8-9-17(2)22(10-16)19-11-20-14-26-15-21(12-19)24(20)23(25)27-13-18-6-4-3-5-7-18/h3-11,20-21H,12-15H2,1-2H3. The Labute approximate surface area is 160 Å². The van der Waals surface area contributed by atoms with Gasteiger partial charge in [-0.25, -0.2) is 4.79 Å². The number of carbonyl (C=O) groups excluding carboxylic acids is 1. The molecule has 0 aliphatic carbocycles. The molecule has 27 heavy (non-hydrogen) atoms. The lowest BCUT2D eigenvalue weighted by molar-refractivity contribution is -0.0342. The number of benzene rings is 2. The highest BCUT2D eigenvalue weighted by Gasteiger charge is 2.39. The maximum absolute atomic E-state index is 12.8. The molecule has 2 aromatic rings. The van der Waals surface area contributed by atoms with Crippen molar-refractivity contribution in [1.29, 1.82) is 0 Å². The molecule has 140 valence electrons. The minimum absolute atomic E-state index is 0.0203. The molecule has 2 aromatic carbocycles. The number of aryl methyl sites for hydroxylation is 2. The maximum Gasteiger partial charge on any atom is 0.411 e. The van der Waals surface area contributed by atoms with E-state index in [4.69, 9.17) is 9.47 Å². The van der Waals surface area contributed by atoms with E-state index in [0.29, 0.717) is 19.8 Å². The van der Waals surface area contributed by atoms with Crippen molar-refractivity contribution in [3.05, 3.63) is 76.9 Å². The van der Waals surface area contributed by atoms with Gasteiger partial charge in [-0.05, 0) is 42.5 Å². The summed E-state index contributed by atoms with van der Waals surface area (Å²) in [6, 6.07) is 16.3. The van der Waals surface area contributed by atoms with Crippen molar-refractivity contribution in [3.63, 3.8) is 0 Å². The van der Waals surface area contributed by atoms with Crippen molar-refractivity contribution in [2.24, 2.45) is 0 Å². The van der Waals surface area contributed by atoms with E-state index in [0.717, 1.165) is 12.0 Å². The number of ether oxygens (including phenoxy) is 2. The monoisotopic (exact) mass is 363 g/mol. The average Bonchev–Trinajstić information content (AvgIpc) is 2.68. The molecule has 0 N–H and O–H groups in total. The number of rotatable bonds is 3. The first-order chi connectivity index (χ1) is 13.1. The Kier molecular flexibility index (Phi) is 4.99. The van der Waals surface area contributed by atoms with E-state index in [1.54, 1.807) is 0 Å². The predicted molar refractivity (Wildman–Crippen MR) is 105 cm³/mol. The Bertz CT molecular complexity index is 859. The zero-order valence-electron chi connectivity index (χ0n) is 15.9. The zero-order valence-corrected chi connectivity index (χ0v) is 15.9. The van der Waals surface area contributed by atoms with E-state index in [1.807, 2.05) is 35.2 Å². The van der Waals surface area contributed by atoms with Gasteiger partial charge in [-0.1, -0.05) is 60.2 Å². The van der Waals surface area contributed by atoms with E-state index in [-0.39, 0.29) is 18.2 Å². The van der Waals surface area contributed by atoms with Crippen LogP contribution in [0.15, 0.2) is 54.6 Å². The smallest absolute Gasteiger partial charge is 0.411 e. The van der Waals surface area contributed by atoms with Crippen LogP contribution in [0.25, 0.3) is 5.57 Å². The molecule has 1 fully saturated rings. The van der Waals surface area contributed by atoms with Crippen molar-refractivity contribution in [1.82, 2.24) is 4.90 Å². The van der Waals surface area contributed by atoms with Gasteiger partial charge in [0.15, 0.2) is 0 Å². The third-order valence-electron chi connectivity index (χ3n) is 5.35. The molecule has 0 spiro atoms. The summed E-state index contributed by atoms with van der Waals surface area (Å²) in [6.45, 7) is 5.63. The van der Waals surface area contributed by atoms with E-state index in [9.17, 15) is 4.79 Å². The molecule has 0 radical (unpaired) electrons. The molecule has 4 heteroatoms. The van der Waals surface area contributed by atoms with Gasteiger partial charge in [-0.15, -0.1) is 0 Å². The van der Waals surface area contributed by atoms with Gasteiger partial charge in [0.1, 0.15) is 6.61 Å². The van der Waals surface area contributed by atoms with E-state index in [1.165, 1.54) is 22.3 Å². The fourth-order valence-corrected chi connectivity index (χ4v) is 3.96. The van der Waals surface area contributed by atoms with Gasteiger partial charge in [0.05, 0.1) is 25.3 Å². The van der Waals surface area contributed by atoms with Gasteiger partial charge in [0, 0.05) is 0 Å². The summed E-state index contributed by atoms with van der Waals surface area (Å²) >= 11 is 0. The van der Waals surface area contributed by atoms with Gasteiger partial charge in [-0.3, -0.25) is 4.90 Å². The van der Waals surface area contributed by atoms with Crippen LogP contribution in [-0.4, -0.2) is 36.3 Å². The van der Waals surface area contributed by atoms with Crippen LogP contribution in [0, 0.1) is 13.8 Å². The molecule has 2 aliphatic heterocycles. The molecule has 0 saturated carbocycles. The highest BCUT2D eigenvalue weighted by molar-refractivity contribution is 5.75. The molecule has 2 heterocycles. The van der Waals surface area contributed by atoms with Crippen LogP contribution in [0.4, 0.5) is 4.79 Å². The van der Waals surface area contributed by atoms with E-state index in [2.05, 4.69) is 38.1 Å². The molecule has 4 rings (SSSR count). The second-order valence-corrected chi connectivity index (χ2v) is 7.42. The van der Waals surface area contributed by atoms with Crippen molar-refractivity contribution in [2.45, 2.75) is 39.0 Å². The van der Waals surface area contributed by atoms with Gasteiger partial charge in [-0.2, -0.15) is 0 Å². The average molecular weight is 363 g/mol. The summed E-state index contributed by atoms with van der Waals surface area (Å²) in [5.41, 5.74) is 6.11. The minimum atomic E-state index is -0.256. The van der Waals surface area contributed by atoms with Crippen LogP contribution in [0.5, 0.6) is 0 Å². The normalized spacial score (nSPS) is 21.6. The minimum Gasteiger partial charge on any atom is -0.445 e. The fraction of sp³-hybridized carbons (Fsp3) is 0.348. The number of nitrogens with zero attached hydrogens (tertiary/aromatic N) is 1. The first kappa shape index (κ1) is 17.8. The van der Waals surface area contributed by atoms with Gasteiger partial charge in [0.25, 0.3) is 0 Å². The van der Waals surface area contributed by atoms with Crippen LogP contribution >= 0.6 is 0 Å². The molecule has 4 nitrogen and oxygen atoms in total. The van der Waals surface area contributed by atoms with Crippen molar-refractivity contribution >= 4 is 11.7 Å². The zero-order chi connectivity index (χ0) is 18.8. The third kappa shape index (κ3) is 3.76. The number of hydrogen-bond acceptors (Lipinski definition) is 3. The summed E-state index contributed by atoms with van der Waals surface area (Å²) in [6.07, 6.45) is 2.72. The molecule has 1 amide bonds. The molecular formula is C23H25NO3. The number of hydrogen-bond donors (Lipinski definition) is 0. The number of amides is 1. The number of carbonyl (C=O) groups is 1. The van der Waals surface area contributed by atoms with Crippen molar-refractivity contribution < 1.29 is 14.3 Å². The first-order valence-corrected chi connectivity index (χ1v) is 9.47. The molecule has 2 aliphatic rings. The Hall–Kier alpha value is -2.59. The Morgan fingerprint density at radius 1 is 1.15 bits per heavy atom. The molecule has 2 atom stereocenters. The molecule has 2 bridgehead atoms. The lowest BCUT2D eigenvalue weighted by Gasteiger charge is -2.44. The topological polar surface area (TPSA) is 38.8 Å². The summed E-state index contributed by atoms with van der Waals surface area (Å²) in [5.74, 6) is 0. The Balaban J connectivity index is 1.53. The lowest BCUT2D eigenvalue weighted by Crippen LogP contribution is -2.56. The molecule has 1 saturated heterocycles. The molecule has 2 unspecified atom stereocenters. The molecule has 0 aromatic heterocycles. The van der Waals surface area contributed by atoms with Gasteiger partial charge < -0.3 is 9.47 Å². The van der Waals surface area contributed by atoms with Crippen molar-refractivity contribution in [3.8, 4) is 0 Å². The first-order valence-electron chi connectivity index (χ1n) is 9.47. The van der Waals surface area contributed by atoms with Crippen LogP contribution in [0.1, 0.15) is 28.7 Å². The van der Waals surface area contributed by atoms with Crippen LogP contribution in [0.3, 0.4) is 0 Å². The predicted octanol–water partition coefficient (Wildman–Crippen LogP) is 4.50. The van der Waals surface area contributed by atoms with Crippen LogP contribution < -0.4 is 0 Å². The summed E-state index contributed by atoms with van der Waals surface area (Å²) < 4.78 is 11.3. The second kappa shape index (κ2) is 7.57. The highest BCUT2D eigenvalue weighted by atomic mass is 16.6. The van der Waals surface area contributed by atoms with Crippen LogP contribution in [-0.2, 0) is 16.1 Å². The summed E-state index contributed by atoms with van der Waals surface area (Å²) in [4.78, 5) is 14.6. The van der Waals surface area contributed by atoms with Gasteiger partial charge in [0.2, 0.25) is 0 Å². The number of morpholine rings is 1. The van der Waals surface area contributed by atoms with Crippen LogP contribution in [0.2, 0.25) is 0 Å². The van der Waals surface area contributed by atoms with Gasteiger partial charge >= 0.3 is 6.09 Å². The quantitative estimate of drug-likeness (QED) is 0.806. The van der Waals surface area contributed by atoms with Crippen molar-refractivity contribution in [2.75, 3.05) is 13.2 Å². The fourth-order valence-electron chi connectivity index (χ4n) is 3.96. The SMILES string of the molecule is Cc1ccc(C)c(C2=CC3COCC(C2)N3C(=O)OCc2ccccc2)c1. The largest absolute Gasteiger partial charge is 0.445 e. The summed E-state index contributed by atoms with van der Waals surface area (Å²) in [5, 5.41) is 0. The van der Waals surface area contributed by atoms with E-state index < -0.39 is 0 Å². The third-order valence-corrected chi connectivity index (χ3v) is 5.35. The lowest BCUT2D eigenvalue weighted by atomic mass is 9.87. The highest BCUT2D eigenvalue weighted by Crippen LogP contribution is 2.34. The number of fused-ring (bicyclic) bond motifs is 2.